The zero-order valence-electron chi connectivity index (χ0n) is 18.2. The Morgan fingerprint density at radius 3 is 2.35 bits per heavy atom. The average Bonchev–Trinajstić information content (AvgIpc) is 2.73. The topological polar surface area (TPSA) is 142 Å². The van der Waals surface area contributed by atoms with Gasteiger partial charge in [0.2, 0.25) is 5.91 Å². The van der Waals surface area contributed by atoms with E-state index in [9.17, 15) is 31.9 Å². The Balaban J connectivity index is 2.11. The third-order valence-corrected chi connectivity index (χ3v) is 6.16. The van der Waals surface area contributed by atoms with Crippen molar-refractivity contribution >= 4 is 15.7 Å². The van der Waals surface area contributed by atoms with Gasteiger partial charge in [-0.3, -0.25) is 9.59 Å². The summed E-state index contributed by atoms with van der Waals surface area (Å²) >= 11 is 0. The summed E-state index contributed by atoms with van der Waals surface area (Å²) in [6.07, 6.45) is 1.23. The lowest BCUT2D eigenvalue weighted by atomic mass is 10.1. The summed E-state index contributed by atoms with van der Waals surface area (Å²) in [6, 6.07) is 8.01. The van der Waals surface area contributed by atoms with E-state index in [0.717, 1.165) is 22.9 Å². The highest BCUT2D eigenvalue weighted by molar-refractivity contribution is 7.92. The van der Waals surface area contributed by atoms with Crippen molar-refractivity contribution in [3.05, 3.63) is 70.6 Å². The van der Waals surface area contributed by atoms with E-state index < -0.39 is 44.3 Å². The van der Waals surface area contributed by atoms with Gasteiger partial charge in [-0.25, -0.2) is 17.2 Å². The molecule has 12 heteroatoms. The van der Waals surface area contributed by atoms with Crippen LogP contribution in [0.4, 0.5) is 8.78 Å². The first-order valence-electron chi connectivity index (χ1n) is 9.83. The number of halogens is 2. The van der Waals surface area contributed by atoms with Gasteiger partial charge in [-0.05, 0) is 43.7 Å². The zero-order chi connectivity index (χ0) is 25.3. The number of primary amides is 1. The highest BCUT2D eigenvalue weighted by atomic mass is 32.2. The maximum absolute atomic E-state index is 13.7. The average molecular weight is 493 g/mol. The van der Waals surface area contributed by atoms with Crippen molar-refractivity contribution in [3.8, 4) is 22.6 Å². The molecule has 180 valence electrons. The molecule has 0 radical (unpaired) electrons. The molecule has 0 fully saturated rings. The Kier molecular flexibility index (Phi) is 6.84. The van der Waals surface area contributed by atoms with Crippen molar-refractivity contribution in [2.24, 2.45) is 5.73 Å². The first-order chi connectivity index (χ1) is 15.8. The third kappa shape index (κ3) is 5.64. The van der Waals surface area contributed by atoms with Crippen LogP contribution < -0.4 is 16.0 Å². The quantitative estimate of drug-likeness (QED) is 0.485. The number of nitrogens with zero attached hydrogens (tertiary/aromatic N) is 2. The van der Waals surface area contributed by atoms with Gasteiger partial charge in [0.05, 0.1) is 22.4 Å². The van der Waals surface area contributed by atoms with Crippen LogP contribution in [0.3, 0.4) is 0 Å². The molecular weight excluding hydrogens is 472 g/mol. The maximum Gasteiger partial charge on any atom is 0.314 e. The smallest absolute Gasteiger partial charge is 0.314 e. The molecule has 3 N–H and O–H groups in total. The number of hydrogen-bond acceptors (Lipinski definition) is 7. The Labute approximate surface area is 193 Å². The van der Waals surface area contributed by atoms with E-state index in [1.54, 1.807) is 0 Å². The predicted molar refractivity (Wildman–Crippen MR) is 118 cm³/mol. The molecule has 9 nitrogen and oxygen atoms in total. The van der Waals surface area contributed by atoms with E-state index in [1.165, 1.54) is 44.3 Å². The number of carbonyl (C=O) groups is 1. The van der Waals surface area contributed by atoms with Crippen molar-refractivity contribution < 1.29 is 31.8 Å². The van der Waals surface area contributed by atoms with Crippen LogP contribution in [0.2, 0.25) is 0 Å². The molecule has 3 aromatic rings. The maximum atomic E-state index is 13.7. The molecular formula is C22H21F2N3O6S. The molecule has 0 unspecified atom stereocenters. The second-order valence-corrected chi connectivity index (χ2v) is 10.0. The second kappa shape index (κ2) is 9.31. The lowest BCUT2D eigenvalue weighted by molar-refractivity contribution is -0.115. The molecule has 3 rings (SSSR count). The van der Waals surface area contributed by atoms with Crippen LogP contribution in [0.1, 0.15) is 13.8 Å². The van der Waals surface area contributed by atoms with Gasteiger partial charge in [0, 0.05) is 11.6 Å². The zero-order valence-corrected chi connectivity index (χ0v) is 19.0. The molecule has 34 heavy (non-hydrogen) atoms. The second-order valence-electron chi connectivity index (χ2n) is 8.05. The van der Waals surface area contributed by atoms with Crippen LogP contribution in [-0.2, 0) is 14.6 Å². The number of ether oxygens (including phenoxy) is 1. The van der Waals surface area contributed by atoms with Gasteiger partial charge >= 0.3 is 5.56 Å². The molecule has 0 aliphatic rings. The van der Waals surface area contributed by atoms with Gasteiger partial charge in [-0.2, -0.15) is 9.78 Å². The third-order valence-electron chi connectivity index (χ3n) is 4.51. The van der Waals surface area contributed by atoms with E-state index in [2.05, 4.69) is 5.10 Å². The molecule has 0 saturated heterocycles. The highest BCUT2D eigenvalue weighted by Gasteiger charge is 2.22. The van der Waals surface area contributed by atoms with E-state index >= 15 is 0 Å². The summed E-state index contributed by atoms with van der Waals surface area (Å²) in [5.74, 6) is -4.40. The number of benzene rings is 2. The molecule has 1 heterocycles. The first-order valence-corrected chi connectivity index (χ1v) is 11.5. The van der Waals surface area contributed by atoms with E-state index in [0.29, 0.717) is 5.56 Å². The van der Waals surface area contributed by atoms with Crippen LogP contribution in [0, 0.1) is 11.6 Å². The van der Waals surface area contributed by atoms with Crippen molar-refractivity contribution in [2.75, 3.05) is 12.4 Å². The van der Waals surface area contributed by atoms with Crippen LogP contribution in [0.25, 0.3) is 16.8 Å². The molecule has 0 saturated carbocycles. The standard InChI is InChI=1S/C22H21F2N3O6S/c1-22(2,30)12-33-20-16(13-3-6-15(7-4-13)34(31,32)11-19(25)28)10-26-27(21(20)29)14-5-8-17(23)18(24)9-14/h3-10,30H,11-12H2,1-2H3,(H2,25,28). The SMILES string of the molecule is CC(C)(O)COc1c(-c2ccc(S(=O)(=O)CC(N)=O)cc2)cnn(-c2ccc(F)c(F)c2)c1=O. The molecule has 0 spiro atoms. The van der Waals surface area contributed by atoms with Gasteiger partial charge < -0.3 is 15.6 Å². The monoisotopic (exact) mass is 493 g/mol. The van der Waals surface area contributed by atoms with Crippen molar-refractivity contribution in [2.45, 2.75) is 24.3 Å². The summed E-state index contributed by atoms with van der Waals surface area (Å²) in [4.78, 5) is 24.0. The van der Waals surface area contributed by atoms with Gasteiger partial charge in [0.1, 0.15) is 12.4 Å². The van der Waals surface area contributed by atoms with E-state index in [-0.39, 0.29) is 28.5 Å². The van der Waals surface area contributed by atoms with E-state index in [1.807, 2.05) is 0 Å². The number of aliphatic hydroxyl groups is 1. The van der Waals surface area contributed by atoms with Gasteiger partial charge in [-0.1, -0.05) is 12.1 Å². The summed E-state index contributed by atoms with van der Waals surface area (Å²) in [5, 5.41) is 14.0. The molecule has 0 bridgehead atoms. The van der Waals surface area contributed by atoms with Crippen LogP contribution in [0.15, 0.2) is 58.4 Å². The van der Waals surface area contributed by atoms with Gasteiger partial charge in [-0.15, -0.1) is 0 Å². The minimum absolute atomic E-state index is 0.0588. The Morgan fingerprint density at radius 1 is 1.15 bits per heavy atom. The predicted octanol–water partition coefficient (Wildman–Crippen LogP) is 1.59. The van der Waals surface area contributed by atoms with Crippen LogP contribution in [0.5, 0.6) is 5.75 Å². The highest BCUT2D eigenvalue weighted by Crippen LogP contribution is 2.28. The fourth-order valence-corrected chi connectivity index (χ4v) is 4.04. The number of amides is 1. The van der Waals surface area contributed by atoms with Gasteiger partial charge in [0.15, 0.2) is 27.2 Å². The van der Waals surface area contributed by atoms with E-state index in [4.69, 9.17) is 10.5 Å². The molecule has 2 aromatic carbocycles. The Bertz CT molecular complexity index is 1400. The largest absolute Gasteiger partial charge is 0.484 e. The van der Waals surface area contributed by atoms with Crippen LogP contribution in [-0.4, -0.2) is 47.2 Å². The molecule has 1 aromatic heterocycles. The molecule has 1 amide bonds. The van der Waals surface area contributed by atoms with Crippen molar-refractivity contribution in [1.82, 2.24) is 9.78 Å². The number of hydrogen-bond donors (Lipinski definition) is 2. The summed E-state index contributed by atoms with van der Waals surface area (Å²) in [5.41, 5.74) is 3.28. The van der Waals surface area contributed by atoms with Crippen molar-refractivity contribution in [1.29, 1.82) is 0 Å². The van der Waals surface area contributed by atoms with Gasteiger partial charge in [0.25, 0.3) is 0 Å². The minimum atomic E-state index is -3.94. The number of rotatable bonds is 8. The fraction of sp³-hybridized carbons (Fsp3) is 0.227. The molecule has 0 aliphatic heterocycles. The number of sulfone groups is 1. The molecule has 0 atom stereocenters. The lowest BCUT2D eigenvalue weighted by Gasteiger charge is -2.19. The summed E-state index contributed by atoms with van der Waals surface area (Å²) in [7, 11) is -3.94. The molecule has 0 aliphatic carbocycles. The minimum Gasteiger partial charge on any atom is -0.484 e. The summed E-state index contributed by atoms with van der Waals surface area (Å²) in [6.45, 7) is 2.63. The Hall–Kier alpha value is -3.64. The number of carbonyl (C=O) groups excluding carboxylic acids is 1. The van der Waals surface area contributed by atoms with Crippen LogP contribution >= 0.6 is 0 Å². The number of aromatic nitrogens is 2. The van der Waals surface area contributed by atoms with Crippen molar-refractivity contribution in [3.63, 3.8) is 0 Å². The number of nitrogens with two attached hydrogens (primary N) is 1. The Morgan fingerprint density at radius 2 is 1.79 bits per heavy atom. The first kappa shape index (κ1) is 25.0. The summed E-state index contributed by atoms with van der Waals surface area (Å²) < 4.78 is 57.8. The lowest BCUT2D eigenvalue weighted by Crippen LogP contribution is -2.31. The normalized spacial score (nSPS) is 11.9. The fourth-order valence-electron chi connectivity index (χ4n) is 2.94.